The molecule has 3 rings (SSSR count). The first-order valence-electron chi connectivity index (χ1n) is 8.87. The van der Waals surface area contributed by atoms with Crippen molar-refractivity contribution in [3.8, 4) is 17.5 Å². The lowest BCUT2D eigenvalue weighted by atomic mass is 10.1. The average molecular weight is 371 g/mol. The first kappa shape index (κ1) is 19.0. The van der Waals surface area contributed by atoms with Gasteiger partial charge in [0.1, 0.15) is 17.4 Å². The Labute approximate surface area is 164 Å². The highest BCUT2D eigenvalue weighted by atomic mass is 16.3. The lowest BCUT2D eigenvalue weighted by molar-refractivity contribution is -0.112. The molecule has 0 saturated carbocycles. The largest absolute Gasteiger partial charge is 0.508 e. The molecule has 28 heavy (non-hydrogen) atoms. The Bertz CT molecular complexity index is 1080. The second-order valence-electron chi connectivity index (χ2n) is 6.67. The number of aromatic hydroxyl groups is 1. The lowest BCUT2D eigenvalue weighted by Crippen LogP contribution is -2.13. The summed E-state index contributed by atoms with van der Waals surface area (Å²) >= 11 is 0. The third-order valence-corrected chi connectivity index (χ3v) is 4.55. The van der Waals surface area contributed by atoms with Gasteiger partial charge in [-0.05, 0) is 74.9 Å². The molecule has 1 heterocycles. The highest BCUT2D eigenvalue weighted by molar-refractivity contribution is 6.09. The summed E-state index contributed by atoms with van der Waals surface area (Å²) in [7, 11) is 0. The number of anilines is 1. The monoisotopic (exact) mass is 371 g/mol. The van der Waals surface area contributed by atoms with E-state index in [9.17, 15) is 15.2 Å². The summed E-state index contributed by atoms with van der Waals surface area (Å²) in [6.45, 7) is 5.85. The number of hydrogen-bond donors (Lipinski definition) is 2. The second kappa shape index (κ2) is 7.85. The Morgan fingerprint density at radius 1 is 1.07 bits per heavy atom. The van der Waals surface area contributed by atoms with E-state index in [0.29, 0.717) is 5.69 Å². The van der Waals surface area contributed by atoms with Crippen LogP contribution in [0.4, 0.5) is 5.69 Å². The Morgan fingerprint density at radius 3 is 2.32 bits per heavy atom. The Balaban J connectivity index is 1.91. The van der Waals surface area contributed by atoms with Crippen LogP contribution in [0.1, 0.15) is 22.5 Å². The fourth-order valence-electron chi connectivity index (χ4n) is 3.07. The lowest BCUT2D eigenvalue weighted by Gasteiger charge is -2.09. The van der Waals surface area contributed by atoms with Crippen LogP contribution in [0.25, 0.3) is 11.8 Å². The van der Waals surface area contributed by atoms with Gasteiger partial charge in [-0.25, -0.2) is 0 Å². The van der Waals surface area contributed by atoms with Gasteiger partial charge in [0.05, 0.1) is 0 Å². The Morgan fingerprint density at radius 2 is 1.71 bits per heavy atom. The van der Waals surface area contributed by atoms with E-state index in [-0.39, 0.29) is 11.3 Å². The molecule has 5 heteroatoms. The van der Waals surface area contributed by atoms with Crippen LogP contribution in [-0.2, 0) is 4.79 Å². The number of phenolic OH excluding ortho intramolecular Hbond substituents is 1. The average Bonchev–Trinajstić information content (AvgIpc) is 2.95. The fourth-order valence-corrected chi connectivity index (χ4v) is 3.07. The highest BCUT2D eigenvalue weighted by Crippen LogP contribution is 2.24. The maximum atomic E-state index is 12.5. The van der Waals surface area contributed by atoms with E-state index in [1.807, 2.05) is 61.7 Å². The fraction of sp³-hybridized carbons (Fsp3) is 0.130. The minimum atomic E-state index is -0.444. The first-order valence-corrected chi connectivity index (χ1v) is 8.87. The molecule has 1 aromatic heterocycles. The zero-order chi connectivity index (χ0) is 20.3. The molecule has 0 fully saturated rings. The van der Waals surface area contributed by atoms with Crippen molar-refractivity contribution in [2.24, 2.45) is 0 Å². The molecule has 0 atom stereocenters. The van der Waals surface area contributed by atoms with Crippen LogP contribution in [0.15, 0.2) is 60.2 Å². The quantitative estimate of drug-likeness (QED) is 0.517. The van der Waals surface area contributed by atoms with Crippen LogP contribution in [0.3, 0.4) is 0 Å². The number of aromatic nitrogens is 1. The number of phenols is 1. The van der Waals surface area contributed by atoms with Crippen molar-refractivity contribution in [2.45, 2.75) is 20.8 Å². The molecular formula is C23H21N3O2. The molecule has 0 aliphatic rings. The summed E-state index contributed by atoms with van der Waals surface area (Å²) in [5.41, 5.74) is 5.33. The van der Waals surface area contributed by atoms with Crippen LogP contribution >= 0.6 is 0 Å². The molecule has 2 N–H and O–H groups in total. The van der Waals surface area contributed by atoms with Crippen LogP contribution in [0.5, 0.6) is 5.75 Å². The van der Waals surface area contributed by atoms with Crippen molar-refractivity contribution in [1.82, 2.24) is 4.57 Å². The molecule has 0 saturated heterocycles. The maximum absolute atomic E-state index is 12.5. The van der Waals surface area contributed by atoms with E-state index in [2.05, 4.69) is 5.32 Å². The van der Waals surface area contributed by atoms with Gasteiger partial charge in [0.2, 0.25) is 0 Å². The standard InChI is InChI=1S/C23H21N3O2/c1-15-4-6-20(7-5-15)25-23(28)19(14-24)13-18-12-16(2)26(17(18)3)21-8-10-22(27)11-9-21/h4-13,27H,1-3H3,(H,25,28)/b19-13-. The molecule has 0 aliphatic carbocycles. The molecule has 140 valence electrons. The topological polar surface area (TPSA) is 78.0 Å². The zero-order valence-corrected chi connectivity index (χ0v) is 16.0. The van der Waals surface area contributed by atoms with Gasteiger partial charge in [-0.3, -0.25) is 4.79 Å². The molecule has 3 aromatic rings. The van der Waals surface area contributed by atoms with Gasteiger partial charge in [-0.15, -0.1) is 0 Å². The molecule has 0 radical (unpaired) electrons. The smallest absolute Gasteiger partial charge is 0.266 e. The number of benzene rings is 2. The van der Waals surface area contributed by atoms with E-state index >= 15 is 0 Å². The maximum Gasteiger partial charge on any atom is 0.266 e. The molecule has 0 bridgehead atoms. The Kier molecular flexibility index (Phi) is 5.32. The summed E-state index contributed by atoms with van der Waals surface area (Å²) in [6, 6.07) is 18.2. The number of carbonyl (C=O) groups is 1. The van der Waals surface area contributed by atoms with E-state index < -0.39 is 5.91 Å². The van der Waals surface area contributed by atoms with Gasteiger partial charge >= 0.3 is 0 Å². The van der Waals surface area contributed by atoms with E-state index in [4.69, 9.17) is 0 Å². The van der Waals surface area contributed by atoms with E-state index in [0.717, 1.165) is 28.2 Å². The molecule has 1 amide bonds. The van der Waals surface area contributed by atoms with Gasteiger partial charge in [0, 0.05) is 22.8 Å². The van der Waals surface area contributed by atoms with Crippen LogP contribution in [0.2, 0.25) is 0 Å². The van der Waals surface area contributed by atoms with Gasteiger partial charge in [0.25, 0.3) is 5.91 Å². The minimum Gasteiger partial charge on any atom is -0.508 e. The van der Waals surface area contributed by atoms with Crippen molar-refractivity contribution in [1.29, 1.82) is 5.26 Å². The van der Waals surface area contributed by atoms with Crippen molar-refractivity contribution in [3.05, 3.63) is 82.7 Å². The molecule has 2 aromatic carbocycles. The highest BCUT2D eigenvalue weighted by Gasteiger charge is 2.14. The SMILES string of the molecule is Cc1ccc(NC(=O)/C(C#N)=C\c2cc(C)n(-c3ccc(O)cc3)c2C)cc1. The summed E-state index contributed by atoms with van der Waals surface area (Å²) in [6.07, 6.45) is 1.60. The van der Waals surface area contributed by atoms with E-state index in [1.54, 1.807) is 30.3 Å². The first-order chi connectivity index (χ1) is 13.4. The van der Waals surface area contributed by atoms with Crippen molar-refractivity contribution in [2.75, 3.05) is 5.32 Å². The van der Waals surface area contributed by atoms with E-state index in [1.165, 1.54) is 0 Å². The summed E-state index contributed by atoms with van der Waals surface area (Å²) < 4.78 is 2.01. The molecule has 0 aliphatic heterocycles. The summed E-state index contributed by atoms with van der Waals surface area (Å²) in [4.78, 5) is 12.5. The van der Waals surface area contributed by atoms with Crippen molar-refractivity contribution >= 4 is 17.7 Å². The third kappa shape index (κ3) is 3.97. The van der Waals surface area contributed by atoms with Crippen molar-refractivity contribution in [3.63, 3.8) is 0 Å². The second-order valence-corrected chi connectivity index (χ2v) is 6.67. The predicted octanol–water partition coefficient (Wildman–Crippen LogP) is 4.65. The normalized spacial score (nSPS) is 11.1. The summed E-state index contributed by atoms with van der Waals surface area (Å²) in [5.74, 6) is -0.244. The third-order valence-electron chi connectivity index (χ3n) is 4.55. The molecule has 0 spiro atoms. The molecular weight excluding hydrogens is 350 g/mol. The minimum absolute atomic E-state index is 0.0338. The zero-order valence-electron chi connectivity index (χ0n) is 16.0. The number of rotatable bonds is 4. The van der Waals surface area contributed by atoms with Crippen molar-refractivity contribution < 1.29 is 9.90 Å². The number of nitrogens with zero attached hydrogens (tertiary/aromatic N) is 2. The van der Waals surface area contributed by atoms with Gasteiger partial charge in [0.15, 0.2) is 0 Å². The number of carbonyl (C=O) groups excluding carboxylic acids is 1. The number of nitrogens with one attached hydrogen (secondary N) is 1. The number of hydrogen-bond acceptors (Lipinski definition) is 3. The number of amides is 1. The molecule has 5 nitrogen and oxygen atoms in total. The number of aryl methyl sites for hydroxylation is 2. The number of nitriles is 1. The van der Waals surface area contributed by atoms with Gasteiger partial charge in [-0.2, -0.15) is 5.26 Å². The molecule has 0 unspecified atom stereocenters. The van der Waals surface area contributed by atoms with Gasteiger partial charge < -0.3 is 15.0 Å². The Hall–Kier alpha value is -3.78. The predicted molar refractivity (Wildman–Crippen MR) is 110 cm³/mol. The van der Waals surface area contributed by atoms with Gasteiger partial charge in [-0.1, -0.05) is 17.7 Å². The van der Waals surface area contributed by atoms with Crippen LogP contribution < -0.4 is 5.32 Å². The van der Waals surface area contributed by atoms with Crippen LogP contribution in [0, 0.1) is 32.1 Å². The summed E-state index contributed by atoms with van der Waals surface area (Å²) in [5, 5.41) is 21.7. The van der Waals surface area contributed by atoms with Crippen LogP contribution in [-0.4, -0.2) is 15.6 Å².